The predicted octanol–water partition coefficient (Wildman–Crippen LogP) is 3.19. The van der Waals surface area contributed by atoms with Gasteiger partial charge in [-0.1, -0.05) is 43.3 Å². The molecule has 0 saturated carbocycles. The zero-order valence-corrected chi connectivity index (χ0v) is 15.7. The summed E-state index contributed by atoms with van der Waals surface area (Å²) in [6, 6.07) is 16.6. The van der Waals surface area contributed by atoms with Gasteiger partial charge in [-0.15, -0.1) is 0 Å². The van der Waals surface area contributed by atoms with E-state index in [-0.39, 0.29) is 17.9 Å². The molecule has 0 unspecified atom stereocenters. The van der Waals surface area contributed by atoms with E-state index in [0.29, 0.717) is 30.6 Å². The number of anilines is 1. The second-order valence-electron chi connectivity index (χ2n) is 6.37. The van der Waals surface area contributed by atoms with E-state index in [1.807, 2.05) is 30.3 Å². The molecule has 0 fully saturated rings. The minimum absolute atomic E-state index is 0.0902. The zero-order chi connectivity index (χ0) is 19.8. The van der Waals surface area contributed by atoms with Gasteiger partial charge < -0.3 is 10.6 Å². The Bertz CT molecular complexity index is 910. The van der Waals surface area contributed by atoms with E-state index in [1.54, 1.807) is 42.2 Å². The van der Waals surface area contributed by atoms with Crippen LogP contribution in [0.15, 0.2) is 67.3 Å². The predicted molar refractivity (Wildman–Crippen MR) is 107 cm³/mol. The average Bonchev–Trinajstić information content (AvgIpc) is 3.25. The highest BCUT2D eigenvalue weighted by molar-refractivity contribution is 5.97. The van der Waals surface area contributed by atoms with Gasteiger partial charge in [0.15, 0.2) is 0 Å². The van der Waals surface area contributed by atoms with Crippen molar-refractivity contribution in [3.8, 4) is 0 Å². The second-order valence-corrected chi connectivity index (χ2v) is 6.37. The Balaban J connectivity index is 1.73. The van der Waals surface area contributed by atoms with Crippen molar-refractivity contribution in [1.29, 1.82) is 0 Å². The maximum Gasteiger partial charge on any atom is 0.251 e. The molecule has 144 valence electrons. The first-order valence-corrected chi connectivity index (χ1v) is 9.24. The minimum Gasteiger partial charge on any atom is -0.345 e. The van der Waals surface area contributed by atoms with Crippen molar-refractivity contribution in [3.63, 3.8) is 0 Å². The van der Waals surface area contributed by atoms with E-state index in [9.17, 15) is 9.59 Å². The number of nitrogens with zero attached hydrogens (tertiary/aromatic N) is 3. The summed E-state index contributed by atoms with van der Waals surface area (Å²) in [5, 5.41) is 9.99. The normalized spacial score (nSPS) is 11.6. The van der Waals surface area contributed by atoms with Gasteiger partial charge in [0.25, 0.3) is 5.91 Å². The quantitative estimate of drug-likeness (QED) is 0.631. The molecule has 3 rings (SSSR count). The smallest absolute Gasteiger partial charge is 0.251 e. The third kappa shape index (κ3) is 5.26. The van der Waals surface area contributed by atoms with Crippen molar-refractivity contribution >= 4 is 17.5 Å². The van der Waals surface area contributed by atoms with Crippen LogP contribution in [-0.4, -0.2) is 26.6 Å². The summed E-state index contributed by atoms with van der Waals surface area (Å²) in [5.74, 6) is -0.285. The molecule has 1 heterocycles. The Hall–Kier alpha value is -3.48. The van der Waals surface area contributed by atoms with Gasteiger partial charge >= 0.3 is 0 Å². The number of aromatic nitrogens is 3. The van der Waals surface area contributed by atoms with Crippen LogP contribution in [0.25, 0.3) is 0 Å². The maximum atomic E-state index is 12.8. The largest absolute Gasteiger partial charge is 0.345 e. The molecule has 1 aromatic heterocycles. The van der Waals surface area contributed by atoms with E-state index < -0.39 is 0 Å². The zero-order valence-electron chi connectivity index (χ0n) is 15.7. The minimum atomic E-state index is -0.194. The van der Waals surface area contributed by atoms with Gasteiger partial charge in [-0.25, -0.2) is 4.98 Å². The van der Waals surface area contributed by atoms with Crippen LogP contribution in [0.2, 0.25) is 0 Å². The van der Waals surface area contributed by atoms with Crippen molar-refractivity contribution in [3.05, 3.63) is 78.4 Å². The third-order valence-corrected chi connectivity index (χ3v) is 4.35. The molecule has 2 amide bonds. The summed E-state index contributed by atoms with van der Waals surface area (Å²) in [6.45, 7) is 2.41. The molecule has 0 aliphatic heterocycles. The van der Waals surface area contributed by atoms with Gasteiger partial charge in [0.2, 0.25) is 5.91 Å². The van der Waals surface area contributed by atoms with Gasteiger partial charge in [0, 0.05) is 24.2 Å². The molecule has 7 heteroatoms. The van der Waals surface area contributed by atoms with Gasteiger partial charge in [0.05, 0.1) is 6.04 Å². The highest BCUT2D eigenvalue weighted by atomic mass is 16.2. The SMILES string of the molecule is CCC(=O)Nc1cccc(C(=O)N[C@H](CCn2cncn2)c2ccccc2)c1. The molecule has 28 heavy (non-hydrogen) atoms. The van der Waals surface area contributed by atoms with Crippen LogP contribution in [0.5, 0.6) is 0 Å². The molecule has 7 nitrogen and oxygen atoms in total. The number of amides is 2. The molecule has 2 N–H and O–H groups in total. The molecule has 0 aliphatic carbocycles. The Morgan fingerprint density at radius 3 is 2.64 bits per heavy atom. The maximum absolute atomic E-state index is 12.8. The highest BCUT2D eigenvalue weighted by Crippen LogP contribution is 2.19. The molecule has 0 radical (unpaired) electrons. The monoisotopic (exact) mass is 377 g/mol. The average molecular weight is 377 g/mol. The van der Waals surface area contributed by atoms with Crippen LogP contribution < -0.4 is 10.6 Å². The third-order valence-electron chi connectivity index (χ3n) is 4.35. The molecule has 3 aromatic rings. The Morgan fingerprint density at radius 1 is 1.11 bits per heavy atom. The van der Waals surface area contributed by atoms with Crippen LogP contribution in [0.4, 0.5) is 5.69 Å². The van der Waals surface area contributed by atoms with E-state index in [4.69, 9.17) is 0 Å². The Labute approximate surface area is 163 Å². The number of hydrogen-bond acceptors (Lipinski definition) is 4. The number of aryl methyl sites for hydroxylation is 1. The number of benzene rings is 2. The fourth-order valence-corrected chi connectivity index (χ4v) is 2.85. The lowest BCUT2D eigenvalue weighted by atomic mass is 10.0. The van der Waals surface area contributed by atoms with Crippen LogP contribution in [0.1, 0.15) is 41.7 Å². The molecular weight excluding hydrogens is 354 g/mol. The van der Waals surface area contributed by atoms with Crippen molar-refractivity contribution in [2.75, 3.05) is 5.32 Å². The number of carbonyl (C=O) groups is 2. The number of rotatable bonds is 8. The number of carbonyl (C=O) groups excluding carboxylic acids is 2. The summed E-state index contributed by atoms with van der Waals surface area (Å²) in [5.41, 5.74) is 2.13. The number of hydrogen-bond donors (Lipinski definition) is 2. The first-order chi connectivity index (χ1) is 13.7. The summed E-state index contributed by atoms with van der Waals surface area (Å²) < 4.78 is 1.74. The first-order valence-electron chi connectivity index (χ1n) is 9.24. The lowest BCUT2D eigenvalue weighted by Gasteiger charge is -2.19. The molecule has 0 aliphatic rings. The summed E-state index contributed by atoms with van der Waals surface area (Å²) in [4.78, 5) is 28.4. The molecule has 1 atom stereocenters. The van der Waals surface area contributed by atoms with Gasteiger partial charge in [-0.2, -0.15) is 5.10 Å². The van der Waals surface area contributed by atoms with Crippen molar-refractivity contribution in [1.82, 2.24) is 20.1 Å². The standard InChI is InChI=1S/C21H23N5O2/c1-2-20(27)24-18-10-6-9-17(13-18)21(28)25-19(16-7-4-3-5-8-16)11-12-26-15-22-14-23-26/h3-10,13-15,19H,2,11-12H2,1H3,(H,24,27)(H,25,28)/t19-/m1/s1. The second kappa shape index (κ2) is 9.45. The Kier molecular flexibility index (Phi) is 6.51. The lowest BCUT2D eigenvalue weighted by molar-refractivity contribution is -0.115. The van der Waals surface area contributed by atoms with Crippen LogP contribution in [-0.2, 0) is 11.3 Å². The van der Waals surface area contributed by atoms with Crippen LogP contribution >= 0.6 is 0 Å². The van der Waals surface area contributed by atoms with Crippen LogP contribution in [0.3, 0.4) is 0 Å². The van der Waals surface area contributed by atoms with E-state index in [0.717, 1.165) is 5.56 Å². The fourth-order valence-electron chi connectivity index (χ4n) is 2.85. The molecule has 0 spiro atoms. The molecule has 2 aromatic carbocycles. The van der Waals surface area contributed by atoms with E-state index in [2.05, 4.69) is 20.7 Å². The van der Waals surface area contributed by atoms with E-state index >= 15 is 0 Å². The van der Waals surface area contributed by atoms with Crippen LogP contribution in [0, 0.1) is 0 Å². The van der Waals surface area contributed by atoms with Crippen molar-refractivity contribution in [2.24, 2.45) is 0 Å². The van der Waals surface area contributed by atoms with Crippen molar-refractivity contribution < 1.29 is 9.59 Å². The van der Waals surface area contributed by atoms with Gasteiger partial charge in [0.1, 0.15) is 12.7 Å². The molecular formula is C21H23N5O2. The Morgan fingerprint density at radius 2 is 1.93 bits per heavy atom. The van der Waals surface area contributed by atoms with Gasteiger partial charge in [-0.05, 0) is 30.2 Å². The summed E-state index contributed by atoms with van der Waals surface area (Å²) in [6.07, 6.45) is 4.20. The molecule has 0 bridgehead atoms. The summed E-state index contributed by atoms with van der Waals surface area (Å²) in [7, 11) is 0. The fraction of sp³-hybridized carbons (Fsp3) is 0.238. The number of nitrogens with one attached hydrogen (secondary N) is 2. The topological polar surface area (TPSA) is 88.9 Å². The highest BCUT2D eigenvalue weighted by Gasteiger charge is 2.16. The lowest BCUT2D eigenvalue weighted by Crippen LogP contribution is -2.29. The van der Waals surface area contributed by atoms with E-state index in [1.165, 1.54) is 6.33 Å². The summed E-state index contributed by atoms with van der Waals surface area (Å²) >= 11 is 0. The van der Waals surface area contributed by atoms with Crippen molar-refractivity contribution in [2.45, 2.75) is 32.4 Å². The van der Waals surface area contributed by atoms with Gasteiger partial charge in [-0.3, -0.25) is 14.3 Å². The molecule has 0 saturated heterocycles. The first kappa shape index (κ1) is 19.3.